The molecular formula is C15H17NO8. The second-order valence-electron chi connectivity index (χ2n) is 4.55. The van der Waals surface area contributed by atoms with Crippen LogP contribution < -0.4 is 19.5 Å². The van der Waals surface area contributed by atoms with E-state index in [4.69, 9.17) is 18.9 Å². The van der Waals surface area contributed by atoms with Crippen molar-refractivity contribution in [2.45, 2.75) is 6.92 Å². The summed E-state index contributed by atoms with van der Waals surface area (Å²) in [5, 5.41) is 1.91. The number of carbonyl (C=O) groups excluding carboxylic acids is 3. The Labute approximate surface area is 137 Å². The van der Waals surface area contributed by atoms with Gasteiger partial charge in [-0.25, -0.2) is 9.59 Å². The lowest BCUT2D eigenvalue weighted by molar-refractivity contribution is -0.123. The maximum absolute atomic E-state index is 12.0. The van der Waals surface area contributed by atoms with Crippen molar-refractivity contribution < 1.29 is 38.1 Å². The Hall–Kier alpha value is -2.97. The highest BCUT2D eigenvalue weighted by atomic mass is 16.6. The van der Waals surface area contributed by atoms with Crippen LogP contribution in [0.15, 0.2) is 12.1 Å². The van der Waals surface area contributed by atoms with Gasteiger partial charge in [-0.1, -0.05) is 0 Å². The Morgan fingerprint density at radius 2 is 1.92 bits per heavy atom. The van der Waals surface area contributed by atoms with Gasteiger partial charge in [0, 0.05) is 0 Å². The lowest BCUT2D eigenvalue weighted by Crippen LogP contribution is -2.34. The summed E-state index contributed by atoms with van der Waals surface area (Å²) in [7, 11) is 1.43. The molecule has 1 aliphatic rings. The number of rotatable bonds is 5. The fraction of sp³-hybridized carbons (Fsp3) is 0.400. The lowest BCUT2D eigenvalue weighted by atomic mass is 10.1. The smallest absolute Gasteiger partial charge is 0.413 e. The molecule has 0 spiro atoms. The molecule has 130 valence electrons. The molecule has 0 radical (unpaired) electrons. The third-order valence-corrected chi connectivity index (χ3v) is 2.91. The number of amides is 2. The van der Waals surface area contributed by atoms with Crippen LogP contribution in [0, 0.1) is 0 Å². The SMILES string of the molecule is CCOC(=O)NC(=O)COC(=O)c1cc(OC)c2c(c1)OCCO2. The number of benzene rings is 1. The number of hydrogen-bond donors (Lipinski definition) is 1. The highest BCUT2D eigenvalue weighted by molar-refractivity contribution is 5.96. The van der Waals surface area contributed by atoms with Gasteiger partial charge in [0.1, 0.15) is 13.2 Å². The third-order valence-electron chi connectivity index (χ3n) is 2.91. The van der Waals surface area contributed by atoms with E-state index in [0.717, 1.165) is 0 Å². The summed E-state index contributed by atoms with van der Waals surface area (Å²) in [6.07, 6.45) is -0.903. The van der Waals surface area contributed by atoms with Gasteiger partial charge in [-0.15, -0.1) is 0 Å². The second kappa shape index (κ2) is 8.04. The molecule has 0 atom stereocenters. The molecular weight excluding hydrogens is 322 g/mol. The Bertz CT molecular complexity index is 625. The molecule has 9 nitrogen and oxygen atoms in total. The van der Waals surface area contributed by atoms with Crippen LogP contribution in [-0.2, 0) is 14.3 Å². The number of fused-ring (bicyclic) bond motifs is 1. The molecule has 0 bridgehead atoms. The fourth-order valence-corrected chi connectivity index (χ4v) is 1.92. The number of carbonyl (C=O) groups is 3. The molecule has 0 saturated carbocycles. The van der Waals surface area contributed by atoms with Crippen molar-refractivity contribution >= 4 is 18.0 Å². The van der Waals surface area contributed by atoms with Gasteiger partial charge < -0.3 is 23.7 Å². The Balaban J connectivity index is 2.00. The Kier molecular flexibility index (Phi) is 5.83. The first-order valence-electron chi connectivity index (χ1n) is 7.16. The van der Waals surface area contributed by atoms with Gasteiger partial charge in [0.15, 0.2) is 18.1 Å². The van der Waals surface area contributed by atoms with Gasteiger partial charge in [0.25, 0.3) is 5.91 Å². The average Bonchev–Trinajstić information content (AvgIpc) is 2.58. The van der Waals surface area contributed by atoms with Crippen molar-refractivity contribution in [3.8, 4) is 17.2 Å². The fourth-order valence-electron chi connectivity index (χ4n) is 1.92. The second-order valence-corrected chi connectivity index (χ2v) is 4.55. The van der Waals surface area contributed by atoms with Crippen LogP contribution in [0.3, 0.4) is 0 Å². The van der Waals surface area contributed by atoms with E-state index in [9.17, 15) is 14.4 Å². The topological polar surface area (TPSA) is 109 Å². The molecule has 0 fully saturated rings. The van der Waals surface area contributed by atoms with Crippen LogP contribution in [0.2, 0.25) is 0 Å². The molecule has 1 N–H and O–H groups in total. The minimum Gasteiger partial charge on any atom is -0.493 e. The summed E-state index contributed by atoms with van der Waals surface area (Å²) in [5.74, 6) is -0.505. The van der Waals surface area contributed by atoms with Crippen LogP contribution in [0.1, 0.15) is 17.3 Å². The standard InChI is InChI=1S/C15H17NO8/c1-3-21-15(19)16-12(17)8-24-14(18)9-6-10(20-2)13-11(7-9)22-4-5-23-13/h6-7H,3-5,8H2,1-2H3,(H,16,17,19). The number of nitrogens with one attached hydrogen (secondary N) is 1. The molecule has 24 heavy (non-hydrogen) atoms. The normalized spacial score (nSPS) is 12.1. The summed E-state index contributed by atoms with van der Waals surface area (Å²) >= 11 is 0. The number of alkyl carbamates (subject to hydrolysis) is 1. The van der Waals surface area contributed by atoms with Gasteiger partial charge in [0.2, 0.25) is 5.75 Å². The van der Waals surface area contributed by atoms with Crippen molar-refractivity contribution in [1.82, 2.24) is 5.32 Å². The maximum Gasteiger partial charge on any atom is 0.413 e. The summed E-state index contributed by atoms with van der Waals surface area (Å²) in [4.78, 5) is 34.6. The van der Waals surface area contributed by atoms with Crippen molar-refractivity contribution in [1.29, 1.82) is 0 Å². The number of ether oxygens (including phenoxy) is 5. The van der Waals surface area contributed by atoms with Gasteiger partial charge >= 0.3 is 12.1 Å². The lowest BCUT2D eigenvalue weighted by Gasteiger charge is -2.21. The number of methoxy groups -OCH3 is 1. The minimum atomic E-state index is -0.903. The molecule has 1 aromatic rings. The first kappa shape index (κ1) is 17.4. The van der Waals surface area contributed by atoms with Crippen LogP contribution >= 0.6 is 0 Å². The zero-order valence-corrected chi connectivity index (χ0v) is 13.2. The Morgan fingerprint density at radius 3 is 2.62 bits per heavy atom. The predicted molar refractivity (Wildman–Crippen MR) is 79.4 cm³/mol. The molecule has 0 saturated heterocycles. The summed E-state index contributed by atoms with van der Waals surface area (Å²) in [5.41, 5.74) is 0.125. The zero-order chi connectivity index (χ0) is 17.5. The number of imide groups is 1. The number of hydrogen-bond acceptors (Lipinski definition) is 8. The molecule has 9 heteroatoms. The van der Waals surface area contributed by atoms with E-state index >= 15 is 0 Å². The molecule has 1 aromatic carbocycles. The molecule has 0 aliphatic carbocycles. The van der Waals surface area contributed by atoms with Gasteiger partial charge in [-0.2, -0.15) is 0 Å². The quantitative estimate of drug-likeness (QED) is 0.788. The van der Waals surface area contributed by atoms with Gasteiger partial charge in [-0.3, -0.25) is 10.1 Å². The summed E-state index contributed by atoms with van der Waals surface area (Å²) in [6, 6.07) is 2.85. The average molecular weight is 339 g/mol. The van der Waals surface area contributed by atoms with Crippen molar-refractivity contribution in [2.75, 3.05) is 33.5 Å². The van der Waals surface area contributed by atoms with Crippen molar-refractivity contribution in [2.24, 2.45) is 0 Å². The van der Waals surface area contributed by atoms with E-state index in [0.29, 0.717) is 30.5 Å². The highest BCUT2D eigenvalue weighted by Gasteiger charge is 2.22. The molecule has 0 unspecified atom stereocenters. The van der Waals surface area contributed by atoms with Crippen LogP contribution in [0.4, 0.5) is 4.79 Å². The van der Waals surface area contributed by atoms with Crippen LogP contribution in [-0.4, -0.2) is 51.5 Å². The zero-order valence-electron chi connectivity index (χ0n) is 13.2. The monoisotopic (exact) mass is 339 g/mol. The molecule has 2 amide bonds. The van der Waals surface area contributed by atoms with E-state index in [1.54, 1.807) is 6.92 Å². The minimum absolute atomic E-state index is 0.121. The Morgan fingerprint density at radius 1 is 1.17 bits per heavy atom. The molecule has 2 rings (SSSR count). The van der Waals surface area contributed by atoms with Crippen LogP contribution in [0.25, 0.3) is 0 Å². The molecule has 1 aliphatic heterocycles. The van der Waals surface area contributed by atoms with E-state index in [-0.39, 0.29) is 12.2 Å². The highest BCUT2D eigenvalue weighted by Crippen LogP contribution is 2.40. The van der Waals surface area contributed by atoms with Crippen molar-refractivity contribution in [3.05, 3.63) is 17.7 Å². The first-order valence-corrected chi connectivity index (χ1v) is 7.16. The predicted octanol–water partition coefficient (Wildman–Crippen LogP) is 0.896. The van der Waals surface area contributed by atoms with Crippen LogP contribution in [0.5, 0.6) is 17.2 Å². The largest absolute Gasteiger partial charge is 0.493 e. The summed E-state index contributed by atoms with van der Waals surface area (Å²) in [6.45, 7) is 1.81. The van der Waals surface area contributed by atoms with Gasteiger partial charge in [-0.05, 0) is 19.1 Å². The maximum atomic E-state index is 12.0. The van der Waals surface area contributed by atoms with E-state index in [2.05, 4.69) is 4.74 Å². The number of esters is 1. The first-order chi connectivity index (χ1) is 11.5. The summed E-state index contributed by atoms with van der Waals surface area (Å²) < 4.78 is 25.4. The van der Waals surface area contributed by atoms with Crippen molar-refractivity contribution in [3.63, 3.8) is 0 Å². The third kappa shape index (κ3) is 4.28. The molecule has 1 heterocycles. The molecule has 0 aromatic heterocycles. The van der Waals surface area contributed by atoms with E-state index < -0.39 is 24.6 Å². The van der Waals surface area contributed by atoms with E-state index in [1.807, 2.05) is 5.32 Å². The van der Waals surface area contributed by atoms with E-state index in [1.165, 1.54) is 19.2 Å². The van der Waals surface area contributed by atoms with Gasteiger partial charge in [0.05, 0.1) is 19.3 Å².